The Morgan fingerprint density at radius 2 is 1.89 bits per heavy atom. The molecule has 0 unspecified atom stereocenters. The number of piperidine rings is 1. The maximum atomic E-state index is 10.9. The minimum atomic E-state index is -0.836. The molecule has 0 atom stereocenters. The number of nitrogens with one attached hydrogen (secondary N) is 1. The molecule has 2 saturated heterocycles. The summed E-state index contributed by atoms with van der Waals surface area (Å²) in [7, 11) is 0. The number of β-amino-alcohol motifs (C(OH)–C–C–N with tert-alkyl or cyclic N) is 1. The van der Waals surface area contributed by atoms with Crippen molar-refractivity contribution in [2.45, 2.75) is 24.9 Å². The Bertz CT molecular complexity index is 292. The molecule has 0 saturated carbocycles. The van der Waals surface area contributed by atoms with E-state index in [-0.39, 0.29) is 0 Å². The van der Waals surface area contributed by atoms with Crippen LogP contribution in [0.4, 0.5) is 4.79 Å². The molecular formula is C12H23N3O3. The molecule has 0 aromatic carbocycles. The second-order valence-electron chi connectivity index (χ2n) is 5.37. The predicted octanol–water partition coefficient (Wildman–Crippen LogP) is -0.213. The summed E-state index contributed by atoms with van der Waals surface area (Å²) in [6.45, 7) is 5.15. The molecule has 2 rings (SSSR count). The quantitative estimate of drug-likeness (QED) is 0.638. The van der Waals surface area contributed by atoms with Gasteiger partial charge in [0.25, 0.3) is 0 Å². The van der Waals surface area contributed by atoms with Crippen molar-refractivity contribution < 1.29 is 15.0 Å². The first-order chi connectivity index (χ1) is 8.59. The van der Waals surface area contributed by atoms with Gasteiger partial charge < -0.3 is 20.4 Å². The maximum absolute atomic E-state index is 10.9. The Morgan fingerprint density at radius 3 is 2.56 bits per heavy atom. The Morgan fingerprint density at radius 1 is 1.17 bits per heavy atom. The van der Waals surface area contributed by atoms with Gasteiger partial charge in [0.1, 0.15) is 0 Å². The molecule has 104 valence electrons. The monoisotopic (exact) mass is 257 g/mol. The van der Waals surface area contributed by atoms with Crippen molar-refractivity contribution >= 4 is 6.09 Å². The van der Waals surface area contributed by atoms with Crippen LogP contribution in [-0.2, 0) is 0 Å². The highest BCUT2D eigenvalue weighted by Crippen LogP contribution is 2.20. The average molecular weight is 257 g/mol. The lowest BCUT2D eigenvalue weighted by molar-refractivity contribution is -0.0198. The standard InChI is InChI=1S/C12H23N3O3/c16-11(17)15-7-1-6-14(8-9-15)10-12(18)2-4-13-5-3-12/h13,18H,1-10H2,(H,16,17). The predicted molar refractivity (Wildman–Crippen MR) is 67.7 cm³/mol. The molecule has 1 amide bonds. The summed E-state index contributed by atoms with van der Waals surface area (Å²) in [5.74, 6) is 0. The van der Waals surface area contributed by atoms with Crippen molar-refractivity contribution in [2.24, 2.45) is 0 Å². The number of rotatable bonds is 2. The van der Waals surface area contributed by atoms with E-state index in [4.69, 9.17) is 5.11 Å². The number of nitrogens with zero attached hydrogens (tertiary/aromatic N) is 2. The Labute approximate surface area is 108 Å². The van der Waals surface area contributed by atoms with Gasteiger partial charge in [-0.2, -0.15) is 0 Å². The highest BCUT2D eigenvalue weighted by molar-refractivity contribution is 5.64. The molecule has 0 aromatic rings. The molecule has 6 heteroatoms. The topological polar surface area (TPSA) is 76.0 Å². The van der Waals surface area contributed by atoms with Gasteiger partial charge in [0.2, 0.25) is 0 Å². The van der Waals surface area contributed by atoms with Crippen LogP contribution < -0.4 is 5.32 Å². The van der Waals surface area contributed by atoms with Crippen molar-refractivity contribution in [2.75, 3.05) is 45.8 Å². The number of carboxylic acid groups (broad SMARTS) is 1. The molecule has 3 N–H and O–H groups in total. The van der Waals surface area contributed by atoms with Crippen LogP contribution in [0.3, 0.4) is 0 Å². The van der Waals surface area contributed by atoms with E-state index in [1.165, 1.54) is 4.90 Å². The molecule has 2 fully saturated rings. The first kappa shape index (κ1) is 13.6. The molecular weight excluding hydrogens is 234 g/mol. The van der Waals surface area contributed by atoms with Gasteiger partial charge in [0.05, 0.1) is 5.60 Å². The third-order valence-corrected chi connectivity index (χ3v) is 3.91. The summed E-state index contributed by atoms with van der Waals surface area (Å²) in [5.41, 5.74) is -0.594. The van der Waals surface area contributed by atoms with Gasteiger partial charge in [0.15, 0.2) is 0 Å². The summed E-state index contributed by atoms with van der Waals surface area (Å²) >= 11 is 0. The first-order valence-corrected chi connectivity index (χ1v) is 6.72. The molecule has 0 aliphatic carbocycles. The summed E-state index contributed by atoms with van der Waals surface area (Å²) in [4.78, 5) is 14.6. The van der Waals surface area contributed by atoms with E-state index >= 15 is 0 Å². The van der Waals surface area contributed by atoms with E-state index in [0.717, 1.165) is 45.4 Å². The second kappa shape index (κ2) is 5.86. The van der Waals surface area contributed by atoms with Gasteiger partial charge in [-0.25, -0.2) is 4.79 Å². The Balaban J connectivity index is 1.84. The van der Waals surface area contributed by atoms with Crippen LogP contribution in [0.2, 0.25) is 0 Å². The number of hydrogen-bond acceptors (Lipinski definition) is 4. The lowest BCUT2D eigenvalue weighted by Gasteiger charge is -2.36. The van der Waals surface area contributed by atoms with Crippen LogP contribution in [0.1, 0.15) is 19.3 Å². The zero-order chi connectivity index (χ0) is 13.0. The van der Waals surface area contributed by atoms with Gasteiger partial charge in [-0.1, -0.05) is 0 Å². The molecule has 2 aliphatic rings. The zero-order valence-corrected chi connectivity index (χ0v) is 10.8. The van der Waals surface area contributed by atoms with Gasteiger partial charge in [-0.3, -0.25) is 4.90 Å². The van der Waals surface area contributed by atoms with Gasteiger partial charge >= 0.3 is 6.09 Å². The average Bonchev–Trinajstić information content (AvgIpc) is 2.55. The lowest BCUT2D eigenvalue weighted by atomic mass is 9.92. The van der Waals surface area contributed by atoms with Gasteiger partial charge in [-0.05, 0) is 32.4 Å². The lowest BCUT2D eigenvalue weighted by Crippen LogP contribution is -2.50. The smallest absolute Gasteiger partial charge is 0.407 e. The minimum Gasteiger partial charge on any atom is -0.465 e. The van der Waals surface area contributed by atoms with Crippen LogP contribution in [-0.4, -0.2) is 77.5 Å². The first-order valence-electron chi connectivity index (χ1n) is 6.72. The van der Waals surface area contributed by atoms with Crippen molar-refractivity contribution in [3.05, 3.63) is 0 Å². The van der Waals surface area contributed by atoms with Crippen molar-refractivity contribution in [3.8, 4) is 0 Å². The normalized spacial score (nSPS) is 25.7. The minimum absolute atomic E-state index is 0.545. The molecule has 0 radical (unpaired) electrons. The highest BCUT2D eigenvalue weighted by Gasteiger charge is 2.32. The number of hydrogen-bond donors (Lipinski definition) is 3. The van der Waals surface area contributed by atoms with Crippen LogP contribution in [0.5, 0.6) is 0 Å². The van der Waals surface area contributed by atoms with E-state index < -0.39 is 11.7 Å². The fourth-order valence-corrected chi connectivity index (χ4v) is 2.79. The molecule has 0 spiro atoms. The Kier molecular flexibility index (Phi) is 4.42. The fraction of sp³-hybridized carbons (Fsp3) is 0.917. The largest absolute Gasteiger partial charge is 0.465 e. The van der Waals surface area contributed by atoms with Crippen LogP contribution >= 0.6 is 0 Å². The van der Waals surface area contributed by atoms with E-state index in [1.807, 2.05) is 0 Å². The Hall–Kier alpha value is -0.850. The van der Waals surface area contributed by atoms with Gasteiger partial charge in [-0.15, -0.1) is 0 Å². The second-order valence-corrected chi connectivity index (χ2v) is 5.37. The van der Waals surface area contributed by atoms with Crippen molar-refractivity contribution in [1.82, 2.24) is 15.1 Å². The van der Waals surface area contributed by atoms with Crippen LogP contribution in [0.25, 0.3) is 0 Å². The zero-order valence-electron chi connectivity index (χ0n) is 10.8. The highest BCUT2D eigenvalue weighted by atomic mass is 16.4. The molecule has 18 heavy (non-hydrogen) atoms. The number of carbonyl (C=O) groups is 1. The van der Waals surface area contributed by atoms with E-state index in [1.54, 1.807) is 0 Å². The van der Waals surface area contributed by atoms with Crippen molar-refractivity contribution in [1.29, 1.82) is 0 Å². The summed E-state index contributed by atoms with van der Waals surface area (Å²) in [5, 5.41) is 22.7. The molecule has 2 aliphatic heterocycles. The summed E-state index contributed by atoms with van der Waals surface area (Å²) in [6, 6.07) is 0. The third-order valence-electron chi connectivity index (χ3n) is 3.91. The maximum Gasteiger partial charge on any atom is 0.407 e. The fourth-order valence-electron chi connectivity index (χ4n) is 2.79. The van der Waals surface area contributed by atoms with Gasteiger partial charge in [0, 0.05) is 32.7 Å². The molecule has 0 aromatic heterocycles. The SMILES string of the molecule is O=C(O)N1CCCN(CC2(O)CCNCC2)CC1. The number of aliphatic hydroxyl groups is 1. The summed E-state index contributed by atoms with van der Waals surface area (Å²) < 4.78 is 0. The molecule has 6 nitrogen and oxygen atoms in total. The van der Waals surface area contributed by atoms with E-state index in [2.05, 4.69) is 10.2 Å². The molecule has 0 bridgehead atoms. The number of amides is 1. The van der Waals surface area contributed by atoms with Crippen molar-refractivity contribution in [3.63, 3.8) is 0 Å². The van der Waals surface area contributed by atoms with Crippen LogP contribution in [0.15, 0.2) is 0 Å². The van der Waals surface area contributed by atoms with E-state index in [9.17, 15) is 9.90 Å². The molecule has 2 heterocycles. The summed E-state index contributed by atoms with van der Waals surface area (Å²) in [6.07, 6.45) is 1.58. The van der Waals surface area contributed by atoms with Crippen LogP contribution in [0, 0.1) is 0 Å². The van der Waals surface area contributed by atoms with E-state index in [0.29, 0.717) is 19.6 Å². The third kappa shape index (κ3) is 3.57.